The van der Waals surface area contributed by atoms with Crippen LogP contribution in [-0.2, 0) is 19.8 Å². The van der Waals surface area contributed by atoms with Gasteiger partial charge in [-0.05, 0) is 71.5 Å². The van der Waals surface area contributed by atoms with Gasteiger partial charge in [0.05, 0.1) is 35.9 Å². The molecule has 0 saturated heterocycles. The van der Waals surface area contributed by atoms with Gasteiger partial charge >= 0.3 is 6.18 Å². The van der Waals surface area contributed by atoms with Crippen molar-refractivity contribution in [2.24, 2.45) is 18.6 Å². The zero-order valence-corrected chi connectivity index (χ0v) is 24.6. The Kier molecular flexibility index (Phi) is 9.09. The van der Waals surface area contributed by atoms with Gasteiger partial charge in [0.2, 0.25) is 0 Å². The van der Waals surface area contributed by atoms with E-state index in [1.54, 1.807) is 43.2 Å². The summed E-state index contributed by atoms with van der Waals surface area (Å²) in [6.07, 6.45) is -1.49. The Balaban J connectivity index is 1.98. The van der Waals surface area contributed by atoms with E-state index in [-0.39, 0.29) is 29.1 Å². The largest absolute Gasteiger partial charge is 0.494 e. The third kappa shape index (κ3) is 7.19. The number of carbonyl (C=O) groups is 1. The molecule has 1 aromatic heterocycles. The first-order valence-corrected chi connectivity index (χ1v) is 12.9. The number of amides is 1. The van der Waals surface area contributed by atoms with Crippen molar-refractivity contribution in [1.82, 2.24) is 14.7 Å². The Morgan fingerprint density at radius 3 is 2.37 bits per heavy atom. The van der Waals surface area contributed by atoms with Crippen LogP contribution >= 0.6 is 0 Å². The first-order valence-electron chi connectivity index (χ1n) is 12.9. The maximum absolute atomic E-state index is 13.8. The summed E-state index contributed by atoms with van der Waals surface area (Å²) >= 11 is 0. The molecule has 0 aliphatic carbocycles. The number of hydrazine groups is 1. The molecule has 0 spiro atoms. The minimum Gasteiger partial charge on any atom is -0.494 e. The maximum Gasteiger partial charge on any atom is 0.416 e. The highest BCUT2D eigenvalue weighted by atomic mass is 19.4. The van der Waals surface area contributed by atoms with Crippen LogP contribution in [0, 0.1) is 13.8 Å². The molecule has 0 bridgehead atoms. The van der Waals surface area contributed by atoms with Crippen molar-refractivity contribution in [3.05, 3.63) is 76.2 Å². The summed E-state index contributed by atoms with van der Waals surface area (Å²) in [6, 6.07) is 6.72. The molecule has 41 heavy (non-hydrogen) atoms. The summed E-state index contributed by atoms with van der Waals surface area (Å²) in [6.45, 7) is 9.70. The molecule has 0 aliphatic rings. The first kappa shape index (κ1) is 31.5. The SMILES string of the molecule is COc1c(CN(C)C(C)(C)C)cc(C(F)(F)F)cc1NC(=O)c1ccc(C)c(N(N)/C=C(\N)c2cnn(C)c2C)c1. The second kappa shape index (κ2) is 11.8. The molecule has 3 aromatic rings. The highest BCUT2D eigenvalue weighted by molar-refractivity contribution is 6.06. The van der Waals surface area contributed by atoms with E-state index in [9.17, 15) is 18.0 Å². The van der Waals surface area contributed by atoms with E-state index in [2.05, 4.69) is 10.4 Å². The number of rotatable bonds is 8. The number of nitrogens with two attached hydrogens (primary N) is 2. The summed E-state index contributed by atoms with van der Waals surface area (Å²) < 4.78 is 48.7. The summed E-state index contributed by atoms with van der Waals surface area (Å²) in [7, 11) is 4.96. The molecular formula is C29H38F3N7O2. The number of benzene rings is 2. The van der Waals surface area contributed by atoms with Crippen LogP contribution in [0.1, 0.15) is 59.1 Å². The Labute approximate surface area is 238 Å². The standard InChI is InChI=1S/C29H38F3N7O2/c1-17-9-10-19(12-25(17)39(34)16-23(33)22-14-35-38(7)18(22)2)27(40)36-24-13-21(29(30,31)32)11-20(26(24)41-8)15-37(6)28(3,4)5/h9-14,16H,15,33-34H2,1-8H3,(H,36,40)/b23-16-. The smallest absolute Gasteiger partial charge is 0.416 e. The van der Waals surface area contributed by atoms with Crippen LogP contribution in [0.2, 0.25) is 0 Å². The minimum atomic E-state index is -4.63. The number of aryl methyl sites for hydroxylation is 2. The van der Waals surface area contributed by atoms with Crippen LogP contribution in [0.3, 0.4) is 0 Å². The number of carbonyl (C=O) groups excluding carboxylic acids is 1. The van der Waals surface area contributed by atoms with Crippen molar-refractivity contribution in [1.29, 1.82) is 0 Å². The molecule has 1 amide bonds. The predicted octanol–water partition coefficient (Wildman–Crippen LogP) is 5.18. The Hall–Kier alpha value is -4.03. The van der Waals surface area contributed by atoms with Crippen LogP contribution in [0.5, 0.6) is 5.75 Å². The number of aromatic nitrogens is 2. The van der Waals surface area contributed by atoms with E-state index in [4.69, 9.17) is 16.3 Å². The molecule has 1 heterocycles. The molecule has 9 nitrogen and oxygen atoms in total. The highest BCUT2D eigenvalue weighted by Gasteiger charge is 2.33. The van der Waals surface area contributed by atoms with E-state index < -0.39 is 17.6 Å². The van der Waals surface area contributed by atoms with Gasteiger partial charge in [-0.15, -0.1) is 0 Å². The fourth-order valence-electron chi connectivity index (χ4n) is 4.09. The maximum atomic E-state index is 13.8. The zero-order valence-electron chi connectivity index (χ0n) is 24.6. The van der Waals surface area contributed by atoms with E-state index in [0.29, 0.717) is 22.5 Å². The van der Waals surface area contributed by atoms with Gasteiger partial charge in [-0.3, -0.25) is 19.4 Å². The number of nitrogens with zero attached hydrogens (tertiary/aromatic N) is 4. The molecule has 0 atom stereocenters. The molecule has 12 heteroatoms. The Bertz CT molecular complexity index is 1460. The molecule has 3 rings (SSSR count). The molecule has 5 N–H and O–H groups in total. The van der Waals surface area contributed by atoms with Gasteiger partial charge in [0.25, 0.3) is 5.91 Å². The van der Waals surface area contributed by atoms with E-state index in [0.717, 1.165) is 23.4 Å². The number of alkyl halides is 3. The molecule has 0 radical (unpaired) electrons. The topological polar surface area (TPSA) is 115 Å². The van der Waals surface area contributed by atoms with Crippen molar-refractivity contribution in [2.75, 3.05) is 24.5 Å². The summed E-state index contributed by atoms with van der Waals surface area (Å²) in [5, 5.41) is 8.08. The second-order valence-corrected chi connectivity index (χ2v) is 11.0. The van der Waals surface area contributed by atoms with Crippen LogP contribution in [0.25, 0.3) is 5.70 Å². The Morgan fingerprint density at radius 2 is 1.83 bits per heavy atom. The normalized spacial score (nSPS) is 12.6. The lowest BCUT2D eigenvalue weighted by atomic mass is 10.0. The van der Waals surface area contributed by atoms with Gasteiger partial charge in [-0.1, -0.05) is 6.07 Å². The van der Waals surface area contributed by atoms with Gasteiger partial charge in [0, 0.05) is 47.7 Å². The van der Waals surface area contributed by atoms with Crippen LogP contribution < -0.4 is 26.6 Å². The molecule has 0 aliphatic heterocycles. The van der Waals surface area contributed by atoms with Gasteiger partial charge in [-0.2, -0.15) is 18.3 Å². The van der Waals surface area contributed by atoms with E-state index >= 15 is 0 Å². The molecule has 2 aromatic carbocycles. The van der Waals surface area contributed by atoms with Crippen LogP contribution in [0.15, 0.2) is 42.7 Å². The van der Waals surface area contributed by atoms with Crippen LogP contribution in [-0.4, -0.2) is 40.3 Å². The molecule has 0 unspecified atom stereocenters. The number of hydrogen-bond acceptors (Lipinski definition) is 7. The first-order chi connectivity index (χ1) is 18.9. The van der Waals surface area contributed by atoms with Gasteiger partial charge in [-0.25, -0.2) is 5.84 Å². The van der Waals surface area contributed by atoms with Gasteiger partial charge in [0.15, 0.2) is 0 Å². The summed E-state index contributed by atoms with van der Waals surface area (Å²) in [4.78, 5) is 15.2. The van der Waals surface area contributed by atoms with Gasteiger partial charge in [0.1, 0.15) is 5.75 Å². The molecular weight excluding hydrogens is 535 g/mol. The fraction of sp³-hybridized carbons (Fsp3) is 0.379. The lowest BCUT2D eigenvalue weighted by molar-refractivity contribution is -0.137. The van der Waals surface area contributed by atoms with Crippen molar-refractivity contribution < 1.29 is 22.7 Å². The third-order valence-electron chi connectivity index (χ3n) is 7.07. The second-order valence-electron chi connectivity index (χ2n) is 11.0. The number of ether oxygens (including phenoxy) is 1. The number of nitrogens with one attached hydrogen (secondary N) is 1. The zero-order chi connectivity index (χ0) is 30.9. The Morgan fingerprint density at radius 1 is 1.17 bits per heavy atom. The molecule has 0 fully saturated rings. The number of hydrogen-bond donors (Lipinski definition) is 3. The summed E-state index contributed by atoms with van der Waals surface area (Å²) in [5.74, 6) is 5.81. The lowest BCUT2D eigenvalue weighted by Gasteiger charge is -2.32. The summed E-state index contributed by atoms with van der Waals surface area (Å²) in [5.41, 5.74) is 8.57. The van der Waals surface area contributed by atoms with Crippen molar-refractivity contribution in [2.45, 2.75) is 52.9 Å². The lowest BCUT2D eigenvalue weighted by Crippen LogP contribution is -2.37. The monoisotopic (exact) mass is 573 g/mol. The van der Waals surface area contributed by atoms with E-state index in [1.807, 2.05) is 39.5 Å². The fourth-order valence-corrected chi connectivity index (χ4v) is 4.09. The van der Waals surface area contributed by atoms with Crippen molar-refractivity contribution in [3.8, 4) is 5.75 Å². The van der Waals surface area contributed by atoms with Crippen LogP contribution in [0.4, 0.5) is 24.5 Å². The highest BCUT2D eigenvalue weighted by Crippen LogP contribution is 2.39. The number of methoxy groups -OCH3 is 1. The number of anilines is 2. The molecule has 222 valence electrons. The van der Waals surface area contributed by atoms with Crippen molar-refractivity contribution in [3.63, 3.8) is 0 Å². The average Bonchev–Trinajstić information content (AvgIpc) is 3.20. The number of halogens is 3. The van der Waals surface area contributed by atoms with Gasteiger partial charge < -0.3 is 15.8 Å². The van der Waals surface area contributed by atoms with E-state index in [1.165, 1.54) is 18.3 Å². The molecule has 0 saturated carbocycles. The average molecular weight is 574 g/mol. The predicted molar refractivity (Wildman–Crippen MR) is 155 cm³/mol. The minimum absolute atomic E-state index is 0.0902. The van der Waals surface area contributed by atoms with Crippen molar-refractivity contribution >= 4 is 23.0 Å². The third-order valence-corrected chi connectivity index (χ3v) is 7.07. The quantitative estimate of drug-likeness (QED) is 0.251.